The minimum Gasteiger partial charge on any atom is -0.483 e. The van der Waals surface area contributed by atoms with E-state index in [1.54, 1.807) is 11.3 Å². The van der Waals surface area contributed by atoms with Crippen molar-refractivity contribution in [3.05, 3.63) is 83.9 Å². The minimum atomic E-state index is -0.119. The van der Waals surface area contributed by atoms with Crippen molar-refractivity contribution in [3.8, 4) is 16.3 Å². The zero-order chi connectivity index (χ0) is 22.3. The molecule has 1 N–H and O–H groups in total. The summed E-state index contributed by atoms with van der Waals surface area (Å²) in [4.78, 5) is 19.1. The van der Waals surface area contributed by atoms with E-state index >= 15 is 0 Å². The van der Waals surface area contributed by atoms with Crippen LogP contribution in [0.4, 0.5) is 0 Å². The average Bonchev–Trinajstić information content (AvgIpc) is 3.23. The van der Waals surface area contributed by atoms with Crippen LogP contribution in [0.3, 0.4) is 0 Å². The summed E-state index contributed by atoms with van der Waals surface area (Å²) in [5.74, 6) is 0.605. The third kappa shape index (κ3) is 5.72. The fourth-order valence-electron chi connectivity index (χ4n) is 3.50. The molecule has 0 saturated carbocycles. The molecule has 32 heavy (non-hydrogen) atoms. The summed E-state index contributed by atoms with van der Waals surface area (Å²) in [5, 5.41) is 3.91. The molecule has 0 aliphatic rings. The minimum absolute atomic E-state index is 0.00426. The van der Waals surface area contributed by atoms with E-state index in [4.69, 9.17) is 9.72 Å². The van der Waals surface area contributed by atoms with E-state index in [-0.39, 0.29) is 12.5 Å². The Morgan fingerprint density at radius 2 is 1.81 bits per heavy atom. The van der Waals surface area contributed by atoms with Crippen LogP contribution in [-0.4, -0.2) is 43.0 Å². The van der Waals surface area contributed by atoms with Crippen LogP contribution in [0, 0.1) is 0 Å². The van der Waals surface area contributed by atoms with Crippen molar-refractivity contribution >= 4 is 27.5 Å². The number of carbonyl (C=O) groups is 1. The molecule has 1 amide bonds. The van der Waals surface area contributed by atoms with Crippen molar-refractivity contribution in [2.75, 3.05) is 27.2 Å². The molecule has 0 spiro atoms. The first-order chi connectivity index (χ1) is 15.6. The zero-order valence-electron chi connectivity index (χ0n) is 18.4. The lowest BCUT2D eigenvalue weighted by atomic mass is 10.1. The molecule has 4 rings (SSSR count). The largest absolute Gasteiger partial charge is 0.483 e. The van der Waals surface area contributed by atoms with Crippen LogP contribution in [0.5, 0.6) is 5.75 Å². The van der Waals surface area contributed by atoms with Crippen LogP contribution in [0.1, 0.15) is 11.1 Å². The number of para-hydroxylation sites is 1. The molecule has 164 valence electrons. The van der Waals surface area contributed by atoms with Gasteiger partial charge in [0.05, 0.1) is 10.2 Å². The maximum Gasteiger partial charge on any atom is 0.257 e. The molecule has 0 unspecified atom stereocenters. The molecule has 0 radical (unpaired) electrons. The molecule has 6 heteroatoms. The summed E-state index contributed by atoms with van der Waals surface area (Å²) in [6.07, 6.45) is 0.801. The summed E-state index contributed by atoms with van der Waals surface area (Å²) >= 11 is 1.68. The van der Waals surface area contributed by atoms with Gasteiger partial charge in [-0.1, -0.05) is 42.5 Å². The summed E-state index contributed by atoms with van der Waals surface area (Å²) in [5.41, 5.74) is 4.30. The van der Waals surface area contributed by atoms with Gasteiger partial charge in [-0.25, -0.2) is 4.98 Å². The van der Waals surface area contributed by atoms with Gasteiger partial charge in [-0.15, -0.1) is 11.3 Å². The van der Waals surface area contributed by atoms with Crippen molar-refractivity contribution in [1.29, 1.82) is 0 Å². The highest BCUT2D eigenvalue weighted by atomic mass is 32.1. The highest BCUT2D eigenvalue weighted by molar-refractivity contribution is 7.21. The number of ether oxygens (including phenoxy) is 1. The third-order valence-corrected chi connectivity index (χ3v) is 6.11. The Labute approximate surface area is 192 Å². The summed E-state index contributed by atoms with van der Waals surface area (Å²) in [7, 11) is 4.04. The second-order valence-corrected chi connectivity index (χ2v) is 8.95. The van der Waals surface area contributed by atoms with Gasteiger partial charge in [0, 0.05) is 24.2 Å². The van der Waals surface area contributed by atoms with Crippen LogP contribution in [0.2, 0.25) is 0 Å². The van der Waals surface area contributed by atoms with Gasteiger partial charge >= 0.3 is 0 Å². The van der Waals surface area contributed by atoms with Crippen molar-refractivity contribution in [1.82, 2.24) is 15.2 Å². The van der Waals surface area contributed by atoms with E-state index in [1.807, 2.05) is 62.6 Å². The van der Waals surface area contributed by atoms with E-state index in [2.05, 4.69) is 34.5 Å². The van der Waals surface area contributed by atoms with E-state index in [1.165, 1.54) is 10.3 Å². The molecule has 1 aromatic heterocycles. The van der Waals surface area contributed by atoms with E-state index in [9.17, 15) is 4.79 Å². The van der Waals surface area contributed by atoms with Crippen LogP contribution < -0.4 is 10.1 Å². The molecule has 3 aromatic carbocycles. The maximum atomic E-state index is 12.3. The van der Waals surface area contributed by atoms with Gasteiger partial charge in [0.2, 0.25) is 0 Å². The quantitative estimate of drug-likeness (QED) is 0.404. The smallest absolute Gasteiger partial charge is 0.257 e. The highest BCUT2D eigenvalue weighted by Crippen LogP contribution is 2.33. The van der Waals surface area contributed by atoms with Crippen molar-refractivity contribution in [2.24, 2.45) is 0 Å². The third-order valence-electron chi connectivity index (χ3n) is 5.03. The molecular formula is C26H27N3O2S. The fourth-order valence-corrected chi connectivity index (χ4v) is 4.46. The number of thiazole rings is 1. The van der Waals surface area contributed by atoms with Crippen molar-refractivity contribution in [2.45, 2.75) is 13.0 Å². The molecule has 0 bridgehead atoms. The Bertz CT molecular complexity index is 1160. The van der Waals surface area contributed by atoms with Gasteiger partial charge in [0.15, 0.2) is 6.61 Å². The number of fused-ring (bicyclic) bond motifs is 1. The lowest BCUT2D eigenvalue weighted by Gasteiger charge is -2.16. The standard InChI is InChI=1S/C26H27N3O2S/c1-29(2)17-21-16-20(26-28-22-10-6-7-11-24(22)32-26)12-13-23(21)31-18-25(30)27-15-14-19-8-4-3-5-9-19/h3-13,16H,14-15,17-18H2,1-2H3,(H,27,30). The molecule has 0 atom stereocenters. The van der Waals surface area contributed by atoms with Crippen LogP contribution >= 0.6 is 11.3 Å². The Hall–Kier alpha value is -3.22. The van der Waals surface area contributed by atoms with Gasteiger partial charge in [-0.05, 0) is 56.4 Å². The number of amides is 1. The second-order valence-electron chi connectivity index (χ2n) is 7.92. The van der Waals surface area contributed by atoms with Crippen LogP contribution in [-0.2, 0) is 17.8 Å². The Balaban J connectivity index is 1.41. The lowest BCUT2D eigenvalue weighted by Crippen LogP contribution is -2.30. The molecule has 4 aromatic rings. The van der Waals surface area contributed by atoms with Crippen molar-refractivity contribution in [3.63, 3.8) is 0 Å². The number of hydrogen-bond acceptors (Lipinski definition) is 5. The molecule has 0 aliphatic heterocycles. The zero-order valence-corrected chi connectivity index (χ0v) is 19.2. The second kappa shape index (κ2) is 10.4. The number of rotatable bonds is 9. The fraction of sp³-hybridized carbons (Fsp3) is 0.231. The predicted octanol–water partition coefficient (Wildman–Crippen LogP) is 4.76. The Morgan fingerprint density at radius 3 is 2.59 bits per heavy atom. The SMILES string of the molecule is CN(C)Cc1cc(-c2nc3ccccc3s2)ccc1OCC(=O)NCCc1ccccc1. The number of hydrogen-bond donors (Lipinski definition) is 1. The summed E-state index contributed by atoms with van der Waals surface area (Å²) in [6, 6.07) is 24.3. The van der Waals surface area contributed by atoms with Crippen LogP contribution in [0.15, 0.2) is 72.8 Å². The molecule has 5 nitrogen and oxygen atoms in total. The normalized spacial score (nSPS) is 11.1. The average molecular weight is 446 g/mol. The Kier molecular flexibility index (Phi) is 7.14. The van der Waals surface area contributed by atoms with Gasteiger partial charge in [-0.3, -0.25) is 4.79 Å². The van der Waals surface area contributed by atoms with Gasteiger partial charge in [-0.2, -0.15) is 0 Å². The van der Waals surface area contributed by atoms with E-state index in [0.717, 1.165) is 33.8 Å². The summed E-state index contributed by atoms with van der Waals surface area (Å²) < 4.78 is 7.07. The molecule has 0 fully saturated rings. The van der Waals surface area contributed by atoms with E-state index < -0.39 is 0 Å². The maximum absolute atomic E-state index is 12.3. The van der Waals surface area contributed by atoms with Crippen molar-refractivity contribution < 1.29 is 9.53 Å². The first-order valence-corrected chi connectivity index (χ1v) is 11.5. The summed E-state index contributed by atoms with van der Waals surface area (Å²) in [6.45, 7) is 1.30. The molecule has 0 aliphatic carbocycles. The molecule has 0 saturated heterocycles. The van der Waals surface area contributed by atoms with Gasteiger partial charge < -0.3 is 15.0 Å². The monoisotopic (exact) mass is 445 g/mol. The molecule has 1 heterocycles. The first-order valence-electron chi connectivity index (χ1n) is 10.7. The number of benzene rings is 3. The predicted molar refractivity (Wildman–Crippen MR) is 131 cm³/mol. The topological polar surface area (TPSA) is 54.5 Å². The van der Waals surface area contributed by atoms with E-state index in [0.29, 0.717) is 13.1 Å². The Morgan fingerprint density at radius 1 is 1.03 bits per heavy atom. The van der Waals surface area contributed by atoms with Gasteiger partial charge in [0.25, 0.3) is 5.91 Å². The van der Waals surface area contributed by atoms with Crippen LogP contribution in [0.25, 0.3) is 20.8 Å². The molecular weight excluding hydrogens is 418 g/mol. The first kappa shape index (κ1) is 22.0. The number of aromatic nitrogens is 1. The van der Waals surface area contributed by atoms with Gasteiger partial charge in [0.1, 0.15) is 10.8 Å². The highest BCUT2D eigenvalue weighted by Gasteiger charge is 2.12. The number of nitrogens with zero attached hydrogens (tertiary/aromatic N) is 2. The number of nitrogens with one attached hydrogen (secondary N) is 1. The number of carbonyl (C=O) groups excluding carboxylic acids is 1. The lowest BCUT2D eigenvalue weighted by molar-refractivity contribution is -0.123.